The molecule has 0 fully saturated rings. The van der Waals surface area contributed by atoms with Gasteiger partial charge in [-0.3, -0.25) is 13.8 Å². The Morgan fingerprint density at radius 1 is 1.28 bits per heavy atom. The molecule has 0 bridgehead atoms. The number of carbonyl (C=O) groups is 2. The number of benzene rings is 2. The molecule has 2 atom stereocenters. The molecule has 2 aromatic rings. The van der Waals surface area contributed by atoms with Crippen molar-refractivity contribution in [3.8, 4) is 11.5 Å². The number of nitrogens with zero attached hydrogens (tertiary/aromatic N) is 1. The van der Waals surface area contributed by atoms with E-state index in [0.29, 0.717) is 47.1 Å². The first-order valence-corrected chi connectivity index (χ1v) is 11.2. The number of nitrogens with two attached hydrogens (primary N) is 1. The summed E-state index contributed by atoms with van der Waals surface area (Å²) < 4.78 is 23.6. The van der Waals surface area contributed by atoms with Gasteiger partial charge in [-0.2, -0.15) is 0 Å². The van der Waals surface area contributed by atoms with Gasteiger partial charge < -0.3 is 20.1 Å². The molecule has 154 valence electrons. The fourth-order valence-corrected chi connectivity index (χ4v) is 4.28. The van der Waals surface area contributed by atoms with Crippen molar-refractivity contribution in [2.45, 2.75) is 19.5 Å². The highest BCUT2D eigenvalue weighted by Gasteiger charge is 2.35. The summed E-state index contributed by atoms with van der Waals surface area (Å²) in [5.41, 5.74) is 8.71. The number of rotatable bonds is 7. The van der Waals surface area contributed by atoms with Crippen LogP contribution in [0.4, 0.5) is 5.69 Å². The van der Waals surface area contributed by atoms with Crippen molar-refractivity contribution in [1.29, 1.82) is 0 Å². The molecule has 0 radical (unpaired) electrons. The summed E-state index contributed by atoms with van der Waals surface area (Å²) in [5.74, 6) is 0.778. The van der Waals surface area contributed by atoms with Crippen LogP contribution in [0.2, 0.25) is 0 Å². The molecule has 2 N–H and O–H groups in total. The zero-order valence-corrected chi connectivity index (χ0v) is 17.4. The van der Waals surface area contributed by atoms with Crippen LogP contribution in [0.5, 0.6) is 11.5 Å². The van der Waals surface area contributed by atoms with Gasteiger partial charge in [0.05, 0.1) is 25.3 Å². The van der Waals surface area contributed by atoms with Crippen LogP contribution in [0.15, 0.2) is 36.4 Å². The SMILES string of the molecule is CCOc1cc(C(C=S(C)(=O)C=O)N2Cc3cccc(N)c3C2=O)ccc1OC. The smallest absolute Gasteiger partial charge is 0.257 e. The first-order valence-electron chi connectivity index (χ1n) is 9.09. The van der Waals surface area contributed by atoms with E-state index >= 15 is 0 Å². The van der Waals surface area contributed by atoms with Crippen molar-refractivity contribution >= 4 is 32.1 Å². The van der Waals surface area contributed by atoms with E-state index in [1.165, 1.54) is 18.7 Å². The number of hydrogen-bond donors (Lipinski definition) is 1. The number of amides is 1. The highest BCUT2D eigenvalue weighted by Crippen LogP contribution is 2.36. The molecule has 0 aliphatic carbocycles. The van der Waals surface area contributed by atoms with Crippen molar-refractivity contribution in [2.24, 2.45) is 0 Å². The first kappa shape index (κ1) is 20.7. The summed E-state index contributed by atoms with van der Waals surface area (Å²) in [6, 6.07) is 9.82. The molecule has 2 unspecified atom stereocenters. The average Bonchev–Trinajstić information content (AvgIpc) is 3.04. The maximum atomic E-state index is 13.1. The first-order chi connectivity index (χ1) is 13.8. The third-order valence-electron chi connectivity index (χ3n) is 4.75. The van der Waals surface area contributed by atoms with Crippen molar-refractivity contribution < 1.29 is 23.3 Å². The van der Waals surface area contributed by atoms with Crippen LogP contribution in [-0.4, -0.2) is 46.0 Å². The highest BCUT2D eigenvalue weighted by atomic mass is 32.2. The molecule has 7 nitrogen and oxygen atoms in total. The van der Waals surface area contributed by atoms with Gasteiger partial charge in [0.25, 0.3) is 5.91 Å². The molecule has 0 saturated carbocycles. The van der Waals surface area contributed by atoms with Crippen molar-refractivity contribution in [2.75, 3.05) is 25.7 Å². The number of anilines is 1. The Kier molecular flexibility index (Phi) is 5.83. The van der Waals surface area contributed by atoms with Crippen LogP contribution < -0.4 is 15.2 Å². The van der Waals surface area contributed by atoms with Gasteiger partial charge in [0.1, 0.15) is 0 Å². The predicted octanol–water partition coefficient (Wildman–Crippen LogP) is 2.28. The molecule has 8 heteroatoms. The lowest BCUT2D eigenvalue weighted by molar-refractivity contribution is 0.0752. The maximum Gasteiger partial charge on any atom is 0.257 e. The molecule has 0 saturated heterocycles. The Balaban J connectivity index is 2.13. The van der Waals surface area contributed by atoms with Crippen LogP contribution in [-0.2, 0) is 20.9 Å². The molecule has 1 aliphatic rings. The number of nitrogen functional groups attached to an aromatic ring is 1. The average molecular weight is 416 g/mol. The normalized spacial score (nSPS) is 16.0. The summed E-state index contributed by atoms with van der Waals surface area (Å²) in [6.45, 7) is 2.58. The summed E-state index contributed by atoms with van der Waals surface area (Å²) in [6.07, 6.45) is 1.35. The quantitative estimate of drug-likeness (QED) is 0.422. The Morgan fingerprint density at radius 3 is 2.66 bits per heavy atom. The van der Waals surface area contributed by atoms with Crippen molar-refractivity contribution in [1.82, 2.24) is 4.90 Å². The van der Waals surface area contributed by atoms with Crippen LogP contribution in [0.1, 0.15) is 34.5 Å². The van der Waals surface area contributed by atoms with Gasteiger partial charge >= 0.3 is 0 Å². The summed E-state index contributed by atoms with van der Waals surface area (Å²) >= 11 is 0. The number of carbonyl (C=O) groups excluding carboxylic acids is 2. The van der Waals surface area contributed by atoms with E-state index in [2.05, 4.69) is 0 Å². The fraction of sp³-hybridized carbons (Fsp3) is 0.286. The van der Waals surface area contributed by atoms with Crippen molar-refractivity contribution in [3.63, 3.8) is 0 Å². The minimum atomic E-state index is -2.92. The van der Waals surface area contributed by atoms with Crippen molar-refractivity contribution in [3.05, 3.63) is 53.1 Å². The van der Waals surface area contributed by atoms with Crippen LogP contribution in [0.3, 0.4) is 0 Å². The number of fused-ring (bicyclic) bond motifs is 1. The van der Waals surface area contributed by atoms with E-state index in [1.807, 2.05) is 13.0 Å². The van der Waals surface area contributed by atoms with Gasteiger partial charge in [-0.1, -0.05) is 18.2 Å². The summed E-state index contributed by atoms with van der Waals surface area (Å²) in [4.78, 5) is 26.0. The predicted molar refractivity (Wildman–Crippen MR) is 115 cm³/mol. The Bertz CT molecular complexity index is 1070. The number of ether oxygens (including phenoxy) is 2. The minimum absolute atomic E-state index is 0.269. The van der Waals surface area contributed by atoms with Gasteiger partial charge in [-0.05, 0) is 36.2 Å². The van der Waals surface area contributed by atoms with Gasteiger partial charge in [-0.25, -0.2) is 0 Å². The minimum Gasteiger partial charge on any atom is -0.493 e. The van der Waals surface area contributed by atoms with E-state index < -0.39 is 15.6 Å². The summed E-state index contributed by atoms with van der Waals surface area (Å²) in [7, 11) is -1.38. The second-order valence-corrected chi connectivity index (χ2v) is 9.20. The largest absolute Gasteiger partial charge is 0.493 e. The van der Waals surface area contributed by atoms with Gasteiger partial charge in [-0.15, -0.1) is 0 Å². The molecule has 1 amide bonds. The number of methoxy groups -OCH3 is 1. The van der Waals surface area contributed by atoms with Gasteiger partial charge in [0, 0.05) is 33.4 Å². The molecule has 29 heavy (non-hydrogen) atoms. The van der Waals surface area contributed by atoms with E-state index in [9.17, 15) is 13.8 Å². The standard InChI is InChI=1S/C21H24N2O5S/c1-4-28-19-10-14(8-9-18(19)27-2)17(12-29(3,26)13-24)23-11-15-6-5-7-16(22)20(15)21(23)25/h5-10,12-13,17H,4,11,22H2,1-3H3. The molecule has 0 spiro atoms. The zero-order chi connectivity index (χ0) is 21.2. The molecule has 3 rings (SSSR count). The Morgan fingerprint density at radius 2 is 2.03 bits per heavy atom. The Hall–Kier alpha value is -3.00. The lowest BCUT2D eigenvalue weighted by Gasteiger charge is -2.26. The lowest BCUT2D eigenvalue weighted by Crippen LogP contribution is -2.32. The van der Waals surface area contributed by atoms with Crippen LogP contribution in [0.25, 0.3) is 0 Å². The zero-order valence-electron chi connectivity index (χ0n) is 16.6. The van der Waals surface area contributed by atoms with E-state index in [1.54, 1.807) is 35.2 Å². The molecular weight excluding hydrogens is 392 g/mol. The summed E-state index contributed by atoms with van der Waals surface area (Å²) in [5, 5.41) is 1.41. The molecule has 1 aliphatic heterocycles. The number of hydrogen-bond acceptors (Lipinski definition) is 6. The topological polar surface area (TPSA) is 98.9 Å². The monoisotopic (exact) mass is 416 g/mol. The maximum absolute atomic E-state index is 13.1. The second kappa shape index (κ2) is 8.16. The highest BCUT2D eigenvalue weighted by molar-refractivity contribution is 8.12. The third-order valence-corrected chi connectivity index (χ3v) is 5.93. The second-order valence-electron chi connectivity index (χ2n) is 6.80. The van der Waals surface area contributed by atoms with Crippen LogP contribution in [0, 0.1) is 0 Å². The van der Waals surface area contributed by atoms with Gasteiger partial charge in [0.15, 0.2) is 17.1 Å². The van der Waals surface area contributed by atoms with E-state index in [4.69, 9.17) is 15.2 Å². The van der Waals surface area contributed by atoms with Gasteiger partial charge in [0.2, 0.25) is 0 Å². The molecular formula is C21H24N2O5S. The third kappa shape index (κ3) is 4.07. The lowest BCUT2D eigenvalue weighted by atomic mass is 10.1. The fourth-order valence-electron chi connectivity index (χ4n) is 3.40. The van der Waals surface area contributed by atoms with E-state index in [0.717, 1.165) is 5.56 Å². The molecule has 2 aromatic carbocycles. The molecule has 1 heterocycles. The van der Waals surface area contributed by atoms with E-state index in [-0.39, 0.29) is 5.91 Å². The van der Waals surface area contributed by atoms with Crippen LogP contribution >= 0.6 is 0 Å². The molecule has 0 aromatic heterocycles. The Labute approximate surface area is 170 Å².